The van der Waals surface area contributed by atoms with E-state index in [2.05, 4.69) is 17.2 Å². The number of rotatable bonds is 2. The van der Waals surface area contributed by atoms with Crippen molar-refractivity contribution >= 4 is 0 Å². The molecule has 1 aromatic rings. The number of hydrogen-bond donors (Lipinski definition) is 1. The van der Waals surface area contributed by atoms with Crippen LogP contribution >= 0.6 is 0 Å². The molecule has 1 aromatic heterocycles. The molecule has 0 aromatic carbocycles. The third-order valence-electron chi connectivity index (χ3n) is 2.01. The third-order valence-corrected chi connectivity index (χ3v) is 2.01. The van der Waals surface area contributed by atoms with Crippen molar-refractivity contribution in [3.8, 4) is 0 Å². The molecule has 2 N–H and O–H groups in total. The quantitative estimate of drug-likeness (QED) is 0.683. The third kappa shape index (κ3) is 1.40. The fourth-order valence-electron chi connectivity index (χ4n) is 1.13. The SMILES string of the molecule is NCc1ccc(C2CC2)[c]n1. The molecule has 1 heterocycles. The lowest BCUT2D eigenvalue weighted by Gasteiger charge is -1.97. The zero-order chi connectivity index (χ0) is 7.68. The van der Waals surface area contributed by atoms with Crippen molar-refractivity contribution in [1.29, 1.82) is 0 Å². The fraction of sp³-hybridized carbons (Fsp3) is 0.444. The van der Waals surface area contributed by atoms with E-state index >= 15 is 0 Å². The lowest BCUT2D eigenvalue weighted by atomic mass is 10.2. The smallest absolute Gasteiger partial charge is 0.0927 e. The van der Waals surface area contributed by atoms with Crippen LogP contribution in [0.2, 0.25) is 0 Å². The minimum atomic E-state index is 0.515. The van der Waals surface area contributed by atoms with Crippen molar-refractivity contribution in [1.82, 2.24) is 4.98 Å². The maximum absolute atomic E-state index is 5.41. The largest absolute Gasteiger partial charge is 0.325 e. The maximum Gasteiger partial charge on any atom is 0.0927 e. The van der Waals surface area contributed by atoms with Gasteiger partial charge < -0.3 is 5.73 Å². The van der Waals surface area contributed by atoms with Crippen LogP contribution in [0.25, 0.3) is 0 Å². The Balaban J connectivity index is 2.19. The lowest BCUT2D eigenvalue weighted by Crippen LogP contribution is -1.99. The van der Waals surface area contributed by atoms with E-state index in [0.29, 0.717) is 6.54 Å². The molecule has 1 saturated carbocycles. The minimum Gasteiger partial charge on any atom is -0.325 e. The summed E-state index contributed by atoms with van der Waals surface area (Å²) in [7, 11) is 0. The molecule has 2 heteroatoms. The molecule has 0 aliphatic heterocycles. The number of pyridine rings is 1. The first kappa shape index (κ1) is 6.80. The summed E-state index contributed by atoms with van der Waals surface area (Å²) in [4.78, 5) is 4.11. The van der Waals surface area contributed by atoms with Gasteiger partial charge in [-0.3, -0.25) is 0 Å². The Morgan fingerprint density at radius 2 is 2.36 bits per heavy atom. The van der Waals surface area contributed by atoms with Gasteiger partial charge in [-0.2, -0.15) is 0 Å². The van der Waals surface area contributed by atoms with E-state index in [1.807, 2.05) is 6.07 Å². The number of hydrogen-bond acceptors (Lipinski definition) is 2. The molecule has 1 radical (unpaired) electrons. The van der Waals surface area contributed by atoms with Gasteiger partial charge in [0.2, 0.25) is 0 Å². The van der Waals surface area contributed by atoms with Crippen LogP contribution in [0.1, 0.15) is 30.0 Å². The van der Waals surface area contributed by atoms with Crippen molar-refractivity contribution in [3.63, 3.8) is 0 Å². The van der Waals surface area contributed by atoms with Gasteiger partial charge in [-0.1, -0.05) is 6.07 Å². The van der Waals surface area contributed by atoms with E-state index in [4.69, 9.17) is 5.73 Å². The fourth-order valence-corrected chi connectivity index (χ4v) is 1.13. The summed E-state index contributed by atoms with van der Waals surface area (Å²) in [6, 6.07) is 4.08. The van der Waals surface area contributed by atoms with Gasteiger partial charge in [0.15, 0.2) is 0 Å². The van der Waals surface area contributed by atoms with Crippen LogP contribution < -0.4 is 5.73 Å². The molecule has 1 aliphatic carbocycles. The van der Waals surface area contributed by atoms with Gasteiger partial charge in [-0.15, -0.1) is 0 Å². The summed E-state index contributed by atoms with van der Waals surface area (Å²) >= 11 is 0. The Morgan fingerprint density at radius 1 is 1.55 bits per heavy atom. The normalized spacial score (nSPS) is 16.8. The second-order valence-corrected chi connectivity index (χ2v) is 2.98. The zero-order valence-electron chi connectivity index (χ0n) is 6.38. The van der Waals surface area contributed by atoms with Crippen LogP contribution in [-0.4, -0.2) is 4.98 Å². The Morgan fingerprint density at radius 3 is 2.82 bits per heavy atom. The van der Waals surface area contributed by atoms with Crippen molar-refractivity contribution < 1.29 is 0 Å². The summed E-state index contributed by atoms with van der Waals surface area (Å²) < 4.78 is 0. The molecule has 57 valence electrons. The van der Waals surface area contributed by atoms with E-state index in [9.17, 15) is 0 Å². The lowest BCUT2D eigenvalue weighted by molar-refractivity contribution is 0.964. The summed E-state index contributed by atoms with van der Waals surface area (Å²) in [5.74, 6) is 0.745. The highest BCUT2D eigenvalue weighted by molar-refractivity contribution is 5.20. The molecular weight excluding hydrogens is 136 g/mol. The molecule has 1 fully saturated rings. The van der Waals surface area contributed by atoms with Crippen LogP contribution in [0, 0.1) is 6.20 Å². The van der Waals surface area contributed by atoms with Crippen LogP contribution in [0.15, 0.2) is 12.1 Å². The number of aromatic nitrogens is 1. The highest BCUT2D eigenvalue weighted by Crippen LogP contribution is 2.39. The molecule has 0 atom stereocenters. The molecule has 11 heavy (non-hydrogen) atoms. The van der Waals surface area contributed by atoms with Gasteiger partial charge in [-0.05, 0) is 30.4 Å². The van der Waals surface area contributed by atoms with Gasteiger partial charge in [0.25, 0.3) is 0 Å². The van der Waals surface area contributed by atoms with Crippen molar-refractivity contribution in [2.45, 2.75) is 25.3 Å². The summed E-state index contributed by atoms with van der Waals surface area (Å²) in [6.45, 7) is 0.515. The average Bonchev–Trinajstić information content (AvgIpc) is 2.87. The Bertz CT molecular complexity index is 236. The molecule has 0 unspecified atom stereocenters. The summed E-state index contributed by atoms with van der Waals surface area (Å²) in [5.41, 5.74) is 7.59. The maximum atomic E-state index is 5.41. The average molecular weight is 147 g/mol. The van der Waals surface area contributed by atoms with Gasteiger partial charge in [0.1, 0.15) is 0 Å². The van der Waals surface area contributed by atoms with Gasteiger partial charge in [0, 0.05) is 6.54 Å². The molecule has 2 rings (SSSR count). The van der Waals surface area contributed by atoms with E-state index in [1.54, 1.807) is 0 Å². The van der Waals surface area contributed by atoms with Crippen molar-refractivity contribution in [3.05, 3.63) is 29.6 Å². The minimum absolute atomic E-state index is 0.515. The zero-order valence-corrected chi connectivity index (χ0v) is 6.38. The molecule has 0 bridgehead atoms. The van der Waals surface area contributed by atoms with Crippen LogP contribution in [-0.2, 0) is 6.54 Å². The predicted molar refractivity (Wildman–Crippen MR) is 42.9 cm³/mol. The van der Waals surface area contributed by atoms with E-state index in [1.165, 1.54) is 18.4 Å². The second kappa shape index (κ2) is 2.62. The predicted octanol–water partition coefficient (Wildman–Crippen LogP) is 1.22. The first-order valence-electron chi connectivity index (χ1n) is 3.97. The molecule has 0 amide bonds. The molecule has 1 aliphatic rings. The van der Waals surface area contributed by atoms with Gasteiger partial charge in [-0.25, -0.2) is 4.98 Å². The highest BCUT2D eigenvalue weighted by Gasteiger charge is 2.23. The second-order valence-electron chi connectivity index (χ2n) is 2.98. The van der Waals surface area contributed by atoms with E-state index in [-0.39, 0.29) is 0 Å². The molecular formula is C9H11N2. The summed E-state index contributed by atoms with van der Waals surface area (Å²) in [5, 5.41) is 0. The Kier molecular flexibility index (Phi) is 1.62. The van der Waals surface area contributed by atoms with Gasteiger partial charge >= 0.3 is 0 Å². The molecule has 2 nitrogen and oxygen atoms in total. The molecule has 0 saturated heterocycles. The van der Waals surface area contributed by atoms with Gasteiger partial charge in [0.05, 0.1) is 11.9 Å². The Labute approximate surface area is 66.4 Å². The Hall–Kier alpha value is -0.890. The number of nitrogens with zero attached hydrogens (tertiary/aromatic N) is 1. The topological polar surface area (TPSA) is 38.9 Å². The van der Waals surface area contributed by atoms with Crippen molar-refractivity contribution in [2.75, 3.05) is 0 Å². The van der Waals surface area contributed by atoms with Crippen LogP contribution in [0.4, 0.5) is 0 Å². The van der Waals surface area contributed by atoms with Crippen molar-refractivity contribution in [2.24, 2.45) is 5.73 Å². The monoisotopic (exact) mass is 147 g/mol. The van der Waals surface area contributed by atoms with E-state index < -0.39 is 0 Å². The standard InChI is InChI=1S/C9H11N2/c10-5-9-4-3-8(6-11-9)7-1-2-7/h3-4,7H,1-2,5,10H2. The van der Waals surface area contributed by atoms with E-state index in [0.717, 1.165) is 11.6 Å². The number of nitrogens with two attached hydrogens (primary N) is 1. The van der Waals surface area contributed by atoms with Crippen LogP contribution in [0.3, 0.4) is 0 Å². The first-order valence-corrected chi connectivity index (χ1v) is 3.97. The molecule has 0 spiro atoms. The highest BCUT2D eigenvalue weighted by atomic mass is 14.7. The summed E-state index contributed by atoms with van der Waals surface area (Å²) in [6.07, 6.45) is 5.63. The first-order chi connectivity index (χ1) is 5.40. The van der Waals surface area contributed by atoms with Crippen LogP contribution in [0.5, 0.6) is 0 Å².